The number of carbonyl (C=O) groups is 1. The number of amides is 1. The average molecular weight is 202 g/mol. The Morgan fingerprint density at radius 2 is 1.85 bits per heavy atom. The number of carbonyl (C=O) groups excluding carboxylic acids is 1. The second kappa shape index (κ2) is 3.87. The van der Waals surface area contributed by atoms with E-state index < -0.39 is 0 Å². The lowest BCUT2D eigenvalue weighted by Crippen LogP contribution is -2.31. The standard InChI is InChI=1S/C10H16ClNO/c11-5-10(13)12-6-9(7-1-2-7)8-3-4-8/h7-9H,1-6H2,(H,12,13). The number of hydrogen-bond acceptors (Lipinski definition) is 1. The van der Waals surface area contributed by atoms with Gasteiger partial charge in [0.15, 0.2) is 0 Å². The third-order valence-corrected chi connectivity index (χ3v) is 3.35. The van der Waals surface area contributed by atoms with Gasteiger partial charge in [0.2, 0.25) is 5.91 Å². The van der Waals surface area contributed by atoms with Crippen LogP contribution < -0.4 is 5.32 Å². The first-order valence-corrected chi connectivity index (χ1v) is 5.67. The van der Waals surface area contributed by atoms with E-state index in [4.69, 9.17) is 11.6 Å². The van der Waals surface area contributed by atoms with E-state index in [1.54, 1.807) is 0 Å². The van der Waals surface area contributed by atoms with Crippen molar-refractivity contribution < 1.29 is 4.79 Å². The van der Waals surface area contributed by atoms with Crippen molar-refractivity contribution >= 4 is 17.5 Å². The van der Waals surface area contributed by atoms with E-state index in [1.807, 2.05) is 0 Å². The maximum absolute atomic E-state index is 11.0. The Balaban J connectivity index is 1.73. The van der Waals surface area contributed by atoms with Gasteiger partial charge in [-0.3, -0.25) is 4.79 Å². The lowest BCUT2D eigenvalue weighted by Gasteiger charge is -2.15. The van der Waals surface area contributed by atoms with Crippen molar-refractivity contribution in [1.82, 2.24) is 5.32 Å². The molecule has 0 heterocycles. The minimum absolute atomic E-state index is 0.0204. The number of rotatable bonds is 5. The fourth-order valence-corrected chi connectivity index (χ4v) is 2.14. The highest BCUT2D eigenvalue weighted by molar-refractivity contribution is 6.27. The average Bonchev–Trinajstić information content (AvgIpc) is 2.98. The maximum Gasteiger partial charge on any atom is 0.234 e. The van der Waals surface area contributed by atoms with Crippen molar-refractivity contribution in [2.75, 3.05) is 12.4 Å². The van der Waals surface area contributed by atoms with Crippen LogP contribution in [0.4, 0.5) is 0 Å². The minimum Gasteiger partial charge on any atom is -0.355 e. The molecule has 2 saturated carbocycles. The smallest absolute Gasteiger partial charge is 0.234 e. The third kappa shape index (κ3) is 2.60. The van der Waals surface area contributed by atoms with Gasteiger partial charge in [-0.1, -0.05) is 0 Å². The van der Waals surface area contributed by atoms with Gasteiger partial charge in [0.1, 0.15) is 5.88 Å². The topological polar surface area (TPSA) is 29.1 Å². The minimum atomic E-state index is -0.0204. The molecule has 0 radical (unpaired) electrons. The molecule has 2 nitrogen and oxygen atoms in total. The summed E-state index contributed by atoms with van der Waals surface area (Å²) in [6, 6.07) is 0. The first-order valence-electron chi connectivity index (χ1n) is 5.14. The molecule has 0 unspecified atom stereocenters. The predicted octanol–water partition coefficient (Wildman–Crippen LogP) is 1.78. The van der Waals surface area contributed by atoms with E-state index in [-0.39, 0.29) is 11.8 Å². The first kappa shape index (κ1) is 9.32. The van der Waals surface area contributed by atoms with E-state index >= 15 is 0 Å². The van der Waals surface area contributed by atoms with E-state index in [2.05, 4.69) is 5.32 Å². The van der Waals surface area contributed by atoms with Crippen LogP contribution in [0.2, 0.25) is 0 Å². The SMILES string of the molecule is O=C(CCl)NCC(C1CC1)C1CC1. The number of nitrogens with one attached hydrogen (secondary N) is 1. The molecule has 74 valence electrons. The summed E-state index contributed by atoms with van der Waals surface area (Å²) in [7, 11) is 0. The van der Waals surface area contributed by atoms with Crippen LogP contribution in [0.3, 0.4) is 0 Å². The summed E-state index contributed by atoms with van der Waals surface area (Å²) >= 11 is 5.41. The molecule has 0 aromatic rings. The molecule has 2 rings (SSSR count). The first-order chi connectivity index (χ1) is 6.31. The Hall–Kier alpha value is -0.240. The van der Waals surface area contributed by atoms with Crippen LogP contribution >= 0.6 is 11.6 Å². The van der Waals surface area contributed by atoms with E-state index in [0.29, 0.717) is 0 Å². The van der Waals surface area contributed by atoms with Crippen LogP contribution in [-0.4, -0.2) is 18.3 Å². The Bertz CT molecular complexity index is 187. The molecule has 1 amide bonds. The van der Waals surface area contributed by atoms with Gasteiger partial charge in [-0.2, -0.15) is 0 Å². The molecule has 3 heteroatoms. The molecule has 0 aromatic carbocycles. The fraction of sp³-hybridized carbons (Fsp3) is 0.900. The second-order valence-electron chi connectivity index (χ2n) is 4.28. The molecule has 0 aliphatic heterocycles. The van der Waals surface area contributed by atoms with Crippen molar-refractivity contribution in [2.24, 2.45) is 17.8 Å². The molecule has 2 aliphatic carbocycles. The zero-order chi connectivity index (χ0) is 9.26. The van der Waals surface area contributed by atoms with Gasteiger partial charge in [-0.15, -0.1) is 11.6 Å². The van der Waals surface area contributed by atoms with Crippen LogP contribution in [-0.2, 0) is 4.79 Å². The van der Waals surface area contributed by atoms with Crippen molar-refractivity contribution in [2.45, 2.75) is 25.7 Å². The zero-order valence-corrected chi connectivity index (χ0v) is 8.52. The van der Waals surface area contributed by atoms with Gasteiger partial charge >= 0.3 is 0 Å². The van der Waals surface area contributed by atoms with Gasteiger partial charge < -0.3 is 5.32 Å². The fourth-order valence-electron chi connectivity index (χ4n) is 2.05. The summed E-state index contributed by atoms with van der Waals surface area (Å²) in [6.07, 6.45) is 5.49. The van der Waals surface area contributed by atoms with Crippen LogP contribution in [0.5, 0.6) is 0 Å². The molecule has 1 N–H and O–H groups in total. The van der Waals surface area contributed by atoms with Crippen molar-refractivity contribution in [1.29, 1.82) is 0 Å². The lowest BCUT2D eigenvalue weighted by molar-refractivity contribution is -0.118. The predicted molar refractivity (Wildman–Crippen MR) is 52.7 cm³/mol. The van der Waals surface area contributed by atoms with Gasteiger partial charge in [-0.25, -0.2) is 0 Å². The van der Waals surface area contributed by atoms with Crippen molar-refractivity contribution in [3.63, 3.8) is 0 Å². The number of alkyl halides is 1. The van der Waals surface area contributed by atoms with Crippen LogP contribution in [0, 0.1) is 17.8 Å². The maximum atomic E-state index is 11.0. The highest BCUT2D eigenvalue weighted by Crippen LogP contribution is 2.48. The second-order valence-corrected chi connectivity index (χ2v) is 4.54. The summed E-state index contributed by atoms with van der Waals surface area (Å²) < 4.78 is 0. The number of hydrogen-bond donors (Lipinski definition) is 1. The Morgan fingerprint density at radius 1 is 1.31 bits per heavy atom. The normalized spacial score (nSPS) is 22.0. The zero-order valence-electron chi connectivity index (χ0n) is 7.76. The molecule has 0 aromatic heterocycles. The molecule has 2 fully saturated rings. The van der Waals surface area contributed by atoms with Crippen LogP contribution in [0.1, 0.15) is 25.7 Å². The van der Waals surface area contributed by atoms with Gasteiger partial charge in [0, 0.05) is 6.54 Å². The molecule has 2 aliphatic rings. The molecule has 0 saturated heterocycles. The van der Waals surface area contributed by atoms with Gasteiger partial charge in [-0.05, 0) is 43.4 Å². The monoisotopic (exact) mass is 201 g/mol. The van der Waals surface area contributed by atoms with Gasteiger partial charge in [0.05, 0.1) is 0 Å². The Labute approximate surface area is 84.0 Å². The highest BCUT2D eigenvalue weighted by atomic mass is 35.5. The molecule has 0 spiro atoms. The number of halogens is 1. The summed E-state index contributed by atoms with van der Waals surface area (Å²) in [6.45, 7) is 0.862. The van der Waals surface area contributed by atoms with E-state index in [1.165, 1.54) is 25.7 Å². The van der Waals surface area contributed by atoms with Gasteiger partial charge in [0.25, 0.3) is 0 Å². The van der Waals surface area contributed by atoms with Crippen LogP contribution in [0.25, 0.3) is 0 Å². The molecule has 13 heavy (non-hydrogen) atoms. The third-order valence-electron chi connectivity index (χ3n) is 3.11. The highest BCUT2D eigenvalue weighted by Gasteiger charge is 2.41. The molecular formula is C10H16ClNO. The van der Waals surface area contributed by atoms with E-state index in [9.17, 15) is 4.79 Å². The molecule has 0 atom stereocenters. The summed E-state index contributed by atoms with van der Waals surface area (Å²) in [4.78, 5) is 11.0. The van der Waals surface area contributed by atoms with Crippen molar-refractivity contribution in [3.05, 3.63) is 0 Å². The Morgan fingerprint density at radius 3 is 2.23 bits per heavy atom. The largest absolute Gasteiger partial charge is 0.355 e. The summed E-state index contributed by atoms with van der Waals surface area (Å²) in [5.41, 5.74) is 0. The lowest BCUT2D eigenvalue weighted by atomic mass is 9.98. The summed E-state index contributed by atoms with van der Waals surface area (Å²) in [5.74, 6) is 2.65. The Kier molecular flexibility index (Phi) is 2.77. The quantitative estimate of drug-likeness (QED) is 0.676. The van der Waals surface area contributed by atoms with Crippen molar-refractivity contribution in [3.8, 4) is 0 Å². The molecular weight excluding hydrogens is 186 g/mol. The molecule has 0 bridgehead atoms. The summed E-state index contributed by atoms with van der Waals surface area (Å²) in [5, 5.41) is 2.90. The van der Waals surface area contributed by atoms with Crippen LogP contribution in [0.15, 0.2) is 0 Å². The van der Waals surface area contributed by atoms with E-state index in [0.717, 1.165) is 24.3 Å².